The molecule has 3 rings (SSSR count). The number of thioether (sulfide) groups is 1. The summed E-state index contributed by atoms with van der Waals surface area (Å²) in [6.45, 7) is 3.85. The summed E-state index contributed by atoms with van der Waals surface area (Å²) in [5, 5.41) is 13.1. The Morgan fingerprint density at radius 1 is 1.09 bits per heavy atom. The molecular weight excluding hydrogens is 447 g/mol. The van der Waals surface area contributed by atoms with Crippen molar-refractivity contribution in [3.05, 3.63) is 85.8 Å². The molecular formula is C23H23FN4O4S. The molecule has 0 aliphatic heterocycles. The van der Waals surface area contributed by atoms with Crippen LogP contribution in [0, 0.1) is 19.7 Å². The Labute approximate surface area is 193 Å². The quantitative estimate of drug-likeness (QED) is 0.441. The van der Waals surface area contributed by atoms with E-state index in [1.165, 1.54) is 32.3 Å². The summed E-state index contributed by atoms with van der Waals surface area (Å²) in [7, 11) is 2.61. The zero-order chi connectivity index (χ0) is 24.3. The number of aliphatic imine (C=N–C) groups is 1. The number of nitrogens with zero attached hydrogens (tertiary/aromatic N) is 3. The number of para-hydroxylation sites is 1. The van der Waals surface area contributed by atoms with Gasteiger partial charge in [0, 0.05) is 14.1 Å². The van der Waals surface area contributed by atoms with Crippen LogP contribution in [0.1, 0.15) is 16.7 Å². The number of anilines is 1. The van der Waals surface area contributed by atoms with Gasteiger partial charge in [-0.15, -0.1) is 0 Å². The summed E-state index contributed by atoms with van der Waals surface area (Å²) in [4.78, 5) is 41.9. The van der Waals surface area contributed by atoms with E-state index < -0.39 is 28.9 Å². The maximum absolute atomic E-state index is 13.8. The Hall–Kier alpha value is -3.66. The van der Waals surface area contributed by atoms with Gasteiger partial charge in [-0.05, 0) is 49.2 Å². The first kappa shape index (κ1) is 24.0. The fraction of sp³-hybridized carbons (Fsp3) is 0.217. The van der Waals surface area contributed by atoms with E-state index in [0.29, 0.717) is 5.69 Å². The highest BCUT2D eigenvalue weighted by Crippen LogP contribution is 2.25. The molecule has 8 nitrogen and oxygen atoms in total. The van der Waals surface area contributed by atoms with Crippen LogP contribution >= 0.6 is 11.8 Å². The van der Waals surface area contributed by atoms with Crippen LogP contribution in [0.5, 0.6) is 5.88 Å². The van der Waals surface area contributed by atoms with E-state index in [2.05, 4.69) is 10.3 Å². The highest BCUT2D eigenvalue weighted by molar-refractivity contribution is 8.15. The third-order valence-electron chi connectivity index (χ3n) is 5.06. The van der Waals surface area contributed by atoms with Gasteiger partial charge in [-0.1, -0.05) is 30.0 Å². The first-order valence-corrected chi connectivity index (χ1v) is 10.9. The molecule has 0 atom stereocenters. The topological polar surface area (TPSA) is 106 Å². The highest BCUT2D eigenvalue weighted by Gasteiger charge is 2.22. The predicted molar refractivity (Wildman–Crippen MR) is 128 cm³/mol. The number of hydrogen-bond acceptors (Lipinski definition) is 6. The van der Waals surface area contributed by atoms with Crippen molar-refractivity contribution in [2.24, 2.45) is 19.1 Å². The number of nitrogens with one attached hydrogen (secondary N) is 1. The largest absolute Gasteiger partial charge is 0.494 e. The van der Waals surface area contributed by atoms with Crippen molar-refractivity contribution in [3.63, 3.8) is 0 Å². The molecule has 0 fully saturated rings. The van der Waals surface area contributed by atoms with E-state index in [-0.39, 0.29) is 22.0 Å². The molecule has 0 radical (unpaired) electrons. The molecule has 0 unspecified atom stereocenters. The molecule has 0 bridgehead atoms. The molecule has 1 amide bonds. The highest BCUT2D eigenvalue weighted by atomic mass is 32.2. The van der Waals surface area contributed by atoms with Crippen molar-refractivity contribution in [3.8, 4) is 5.88 Å². The first-order valence-electron chi connectivity index (χ1n) is 9.92. The number of halogens is 1. The molecule has 0 saturated heterocycles. The lowest BCUT2D eigenvalue weighted by Gasteiger charge is -2.13. The molecule has 0 aliphatic carbocycles. The number of benzene rings is 2. The minimum Gasteiger partial charge on any atom is -0.494 e. The molecule has 1 heterocycles. The zero-order valence-electron chi connectivity index (χ0n) is 18.5. The first-order chi connectivity index (χ1) is 15.6. The maximum atomic E-state index is 13.8. The summed E-state index contributed by atoms with van der Waals surface area (Å²) in [6.07, 6.45) is 0. The third-order valence-corrected chi connectivity index (χ3v) is 6.03. The van der Waals surface area contributed by atoms with Gasteiger partial charge in [0.15, 0.2) is 0 Å². The Kier molecular flexibility index (Phi) is 7.17. The number of carbonyl (C=O) groups excluding carboxylic acids is 1. The molecule has 2 N–H and O–H groups in total. The second kappa shape index (κ2) is 9.86. The van der Waals surface area contributed by atoms with Gasteiger partial charge < -0.3 is 10.4 Å². The molecule has 0 spiro atoms. The van der Waals surface area contributed by atoms with Gasteiger partial charge in [0.25, 0.3) is 5.56 Å². The smallest absolute Gasteiger partial charge is 0.333 e. The Morgan fingerprint density at radius 2 is 1.79 bits per heavy atom. The van der Waals surface area contributed by atoms with E-state index in [9.17, 15) is 23.9 Å². The Morgan fingerprint density at radius 3 is 2.45 bits per heavy atom. The molecule has 33 heavy (non-hydrogen) atoms. The average Bonchev–Trinajstić information content (AvgIpc) is 2.78. The number of carbonyl (C=O) groups is 1. The molecule has 0 aliphatic rings. The normalized spacial score (nSPS) is 11.5. The fourth-order valence-corrected chi connectivity index (χ4v) is 3.81. The average molecular weight is 471 g/mol. The lowest BCUT2D eigenvalue weighted by atomic mass is 10.1. The summed E-state index contributed by atoms with van der Waals surface area (Å²) in [5.74, 6) is -1.89. The molecule has 2 aromatic carbocycles. The summed E-state index contributed by atoms with van der Waals surface area (Å²) < 4.78 is 15.6. The second-order valence-electron chi connectivity index (χ2n) is 7.41. The van der Waals surface area contributed by atoms with Crippen molar-refractivity contribution in [2.75, 3.05) is 11.1 Å². The molecule has 172 valence electrons. The van der Waals surface area contributed by atoms with Crippen LogP contribution in [-0.4, -0.2) is 30.9 Å². The minimum absolute atomic E-state index is 0.0246. The molecule has 3 aromatic rings. The summed E-state index contributed by atoms with van der Waals surface area (Å²) >= 11 is 0.891. The third kappa shape index (κ3) is 5.23. The standard InChI is InChI=1S/C23H23FN4O4S/c1-13-9-10-15(11-14(13)2)25-20(19-21(30)27(3)23(32)28(4)22(19)31)33-12-18(29)26-17-8-6-5-7-16(17)24/h5-11,30H,12H2,1-4H3,(H,26,29). The fourth-order valence-electron chi connectivity index (χ4n) is 2.98. The van der Waals surface area contributed by atoms with Crippen LogP contribution in [0.4, 0.5) is 15.8 Å². The molecule has 0 saturated carbocycles. The predicted octanol–water partition coefficient (Wildman–Crippen LogP) is 3.00. The van der Waals surface area contributed by atoms with E-state index in [0.717, 1.165) is 32.0 Å². The SMILES string of the molecule is Cc1ccc(N=C(SCC(=O)Nc2ccccc2F)c2c(O)n(C)c(=O)n(C)c2=O)cc1C. The van der Waals surface area contributed by atoms with Gasteiger partial charge in [0.2, 0.25) is 11.8 Å². The van der Waals surface area contributed by atoms with Crippen LogP contribution in [0.3, 0.4) is 0 Å². The van der Waals surface area contributed by atoms with Crippen LogP contribution in [-0.2, 0) is 18.9 Å². The van der Waals surface area contributed by atoms with Crippen molar-refractivity contribution in [1.82, 2.24) is 9.13 Å². The van der Waals surface area contributed by atoms with Gasteiger partial charge in [0.1, 0.15) is 16.4 Å². The molecule has 1 aromatic heterocycles. The number of rotatable bonds is 5. The van der Waals surface area contributed by atoms with Gasteiger partial charge >= 0.3 is 5.69 Å². The van der Waals surface area contributed by atoms with Gasteiger partial charge in [0.05, 0.1) is 17.1 Å². The number of aromatic nitrogens is 2. The monoisotopic (exact) mass is 470 g/mol. The lowest BCUT2D eigenvalue weighted by Crippen LogP contribution is -2.39. The van der Waals surface area contributed by atoms with Crippen LogP contribution < -0.4 is 16.6 Å². The van der Waals surface area contributed by atoms with E-state index in [1.54, 1.807) is 18.2 Å². The van der Waals surface area contributed by atoms with E-state index in [4.69, 9.17) is 0 Å². The van der Waals surface area contributed by atoms with Crippen molar-refractivity contribution < 1.29 is 14.3 Å². The number of aromatic hydroxyl groups is 1. The zero-order valence-corrected chi connectivity index (χ0v) is 19.4. The van der Waals surface area contributed by atoms with E-state index >= 15 is 0 Å². The van der Waals surface area contributed by atoms with E-state index in [1.807, 2.05) is 19.9 Å². The van der Waals surface area contributed by atoms with Crippen molar-refractivity contribution >= 4 is 34.1 Å². The summed E-state index contributed by atoms with van der Waals surface area (Å²) in [6, 6.07) is 11.2. The van der Waals surface area contributed by atoms with Gasteiger partial charge in [-0.25, -0.2) is 14.2 Å². The Balaban J connectivity index is 2.02. The van der Waals surface area contributed by atoms with Gasteiger partial charge in [-0.2, -0.15) is 0 Å². The lowest BCUT2D eigenvalue weighted by molar-refractivity contribution is -0.113. The number of hydrogen-bond donors (Lipinski definition) is 2. The van der Waals surface area contributed by atoms with Crippen LogP contribution in [0.25, 0.3) is 0 Å². The molecule has 10 heteroatoms. The second-order valence-corrected chi connectivity index (χ2v) is 8.37. The Bertz CT molecular complexity index is 1380. The minimum atomic E-state index is -0.750. The maximum Gasteiger partial charge on any atom is 0.333 e. The number of aryl methyl sites for hydroxylation is 2. The number of amides is 1. The van der Waals surface area contributed by atoms with Gasteiger partial charge in [-0.3, -0.25) is 18.7 Å². The van der Waals surface area contributed by atoms with Crippen molar-refractivity contribution in [1.29, 1.82) is 0 Å². The van der Waals surface area contributed by atoms with Crippen molar-refractivity contribution in [2.45, 2.75) is 13.8 Å². The van der Waals surface area contributed by atoms with Crippen LogP contribution in [0.2, 0.25) is 0 Å². The van der Waals surface area contributed by atoms with Crippen LogP contribution in [0.15, 0.2) is 57.0 Å². The summed E-state index contributed by atoms with van der Waals surface area (Å²) in [5.41, 5.74) is 0.890.